The molecular formula is C22H24N4O2. The van der Waals surface area contributed by atoms with Gasteiger partial charge in [-0.15, -0.1) is 0 Å². The number of carbonyl (C=O) groups is 1. The SMILES string of the molecule is CC(C)NC(=O)C1CN(Cc2ccc(-n3cccn3)cc2)c2ccccc2O1. The van der Waals surface area contributed by atoms with Crippen molar-refractivity contribution < 1.29 is 9.53 Å². The molecule has 6 nitrogen and oxygen atoms in total. The normalized spacial score (nSPS) is 15.8. The van der Waals surface area contributed by atoms with Gasteiger partial charge in [0.25, 0.3) is 5.91 Å². The lowest BCUT2D eigenvalue weighted by atomic mass is 10.1. The van der Waals surface area contributed by atoms with Crippen molar-refractivity contribution in [2.45, 2.75) is 32.5 Å². The van der Waals surface area contributed by atoms with Crippen molar-refractivity contribution in [2.75, 3.05) is 11.4 Å². The topological polar surface area (TPSA) is 59.4 Å². The Morgan fingerprint density at radius 3 is 2.68 bits per heavy atom. The van der Waals surface area contributed by atoms with Crippen LogP contribution in [0.2, 0.25) is 0 Å². The van der Waals surface area contributed by atoms with E-state index in [1.165, 1.54) is 0 Å². The Morgan fingerprint density at radius 1 is 1.18 bits per heavy atom. The van der Waals surface area contributed by atoms with Gasteiger partial charge < -0.3 is 15.0 Å². The Labute approximate surface area is 164 Å². The molecule has 6 heteroatoms. The number of anilines is 1. The van der Waals surface area contributed by atoms with E-state index in [0.29, 0.717) is 13.1 Å². The fourth-order valence-electron chi connectivity index (χ4n) is 3.37. The van der Waals surface area contributed by atoms with Crippen LogP contribution in [0.15, 0.2) is 67.0 Å². The quantitative estimate of drug-likeness (QED) is 0.743. The molecule has 2 heterocycles. The minimum Gasteiger partial charge on any atom is -0.477 e. The summed E-state index contributed by atoms with van der Waals surface area (Å²) in [5, 5.41) is 7.21. The summed E-state index contributed by atoms with van der Waals surface area (Å²) in [4.78, 5) is 14.7. The predicted molar refractivity (Wildman–Crippen MR) is 109 cm³/mol. The third-order valence-corrected chi connectivity index (χ3v) is 4.66. The maximum Gasteiger partial charge on any atom is 0.263 e. The van der Waals surface area contributed by atoms with Crippen molar-refractivity contribution in [1.29, 1.82) is 0 Å². The van der Waals surface area contributed by atoms with Crippen LogP contribution >= 0.6 is 0 Å². The van der Waals surface area contributed by atoms with Crippen LogP contribution < -0.4 is 15.0 Å². The first kappa shape index (κ1) is 18.1. The molecule has 144 valence electrons. The highest BCUT2D eigenvalue weighted by molar-refractivity contribution is 5.83. The van der Waals surface area contributed by atoms with E-state index in [0.717, 1.165) is 22.7 Å². The number of hydrogen-bond donors (Lipinski definition) is 1. The highest BCUT2D eigenvalue weighted by atomic mass is 16.5. The first-order valence-corrected chi connectivity index (χ1v) is 9.50. The second-order valence-corrected chi connectivity index (χ2v) is 7.24. The van der Waals surface area contributed by atoms with Crippen LogP contribution in [0.25, 0.3) is 5.69 Å². The Kier molecular flexibility index (Phi) is 5.02. The zero-order chi connectivity index (χ0) is 19.5. The average molecular weight is 376 g/mol. The maximum atomic E-state index is 12.5. The number of rotatable bonds is 5. The van der Waals surface area contributed by atoms with E-state index in [1.54, 1.807) is 6.20 Å². The summed E-state index contributed by atoms with van der Waals surface area (Å²) in [5.74, 6) is 0.661. The lowest BCUT2D eigenvalue weighted by Crippen LogP contribution is -2.50. The fraction of sp³-hybridized carbons (Fsp3) is 0.273. The van der Waals surface area contributed by atoms with E-state index in [9.17, 15) is 4.79 Å². The number of nitrogens with zero attached hydrogens (tertiary/aromatic N) is 3. The molecule has 28 heavy (non-hydrogen) atoms. The molecule has 0 bridgehead atoms. The summed E-state index contributed by atoms with van der Waals surface area (Å²) in [5.41, 5.74) is 3.19. The number of carbonyl (C=O) groups excluding carboxylic acids is 1. The maximum absolute atomic E-state index is 12.5. The summed E-state index contributed by atoms with van der Waals surface area (Å²) in [6, 6.07) is 18.1. The molecule has 1 aliphatic rings. The van der Waals surface area contributed by atoms with Crippen LogP contribution in [-0.4, -0.2) is 34.4 Å². The Bertz CT molecular complexity index is 935. The summed E-state index contributed by atoms with van der Waals surface area (Å²) in [6.45, 7) is 5.11. The van der Waals surface area contributed by atoms with Gasteiger partial charge in [0.2, 0.25) is 0 Å². The summed E-state index contributed by atoms with van der Waals surface area (Å²) >= 11 is 0. The van der Waals surface area contributed by atoms with Gasteiger partial charge in [-0.1, -0.05) is 24.3 Å². The molecule has 3 aromatic rings. The van der Waals surface area contributed by atoms with Crippen molar-refractivity contribution in [2.24, 2.45) is 0 Å². The zero-order valence-electron chi connectivity index (χ0n) is 16.1. The van der Waals surface area contributed by atoms with Crippen molar-refractivity contribution >= 4 is 11.6 Å². The zero-order valence-corrected chi connectivity index (χ0v) is 16.1. The molecule has 2 aromatic carbocycles. The first-order valence-electron chi connectivity index (χ1n) is 9.50. The highest BCUT2D eigenvalue weighted by Gasteiger charge is 2.30. The van der Waals surface area contributed by atoms with E-state index in [-0.39, 0.29) is 11.9 Å². The van der Waals surface area contributed by atoms with Crippen molar-refractivity contribution in [3.05, 3.63) is 72.6 Å². The molecule has 1 unspecified atom stereocenters. The largest absolute Gasteiger partial charge is 0.477 e. The lowest BCUT2D eigenvalue weighted by Gasteiger charge is -2.36. The Hall–Kier alpha value is -3.28. The van der Waals surface area contributed by atoms with Crippen molar-refractivity contribution in [3.63, 3.8) is 0 Å². The molecule has 1 amide bonds. The van der Waals surface area contributed by atoms with E-state index in [2.05, 4.69) is 39.6 Å². The number of fused-ring (bicyclic) bond motifs is 1. The van der Waals surface area contributed by atoms with Gasteiger partial charge in [-0.25, -0.2) is 4.68 Å². The summed E-state index contributed by atoms with van der Waals surface area (Å²) in [7, 11) is 0. The molecule has 0 fully saturated rings. The molecule has 1 aromatic heterocycles. The molecule has 1 N–H and O–H groups in total. The van der Waals surface area contributed by atoms with Gasteiger partial charge in [-0.05, 0) is 49.7 Å². The monoisotopic (exact) mass is 376 g/mol. The third-order valence-electron chi connectivity index (χ3n) is 4.66. The van der Waals surface area contributed by atoms with Crippen LogP contribution in [0.4, 0.5) is 5.69 Å². The van der Waals surface area contributed by atoms with Gasteiger partial charge in [-0.2, -0.15) is 5.10 Å². The Morgan fingerprint density at radius 2 is 1.96 bits per heavy atom. The number of hydrogen-bond acceptors (Lipinski definition) is 4. The molecule has 0 saturated carbocycles. The van der Waals surface area contributed by atoms with Gasteiger partial charge in [0.1, 0.15) is 5.75 Å². The number of aromatic nitrogens is 2. The standard InChI is InChI=1S/C22H24N4O2/c1-16(2)24-22(27)21-15-25(19-6-3-4-7-20(19)28-21)14-17-8-10-18(11-9-17)26-13-5-12-23-26/h3-13,16,21H,14-15H2,1-2H3,(H,24,27). The number of para-hydroxylation sites is 2. The van der Waals surface area contributed by atoms with E-state index < -0.39 is 6.10 Å². The number of amides is 1. The van der Waals surface area contributed by atoms with Crippen molar-refractivity contribution in [3.8, 4) is 11.4 Å². The van der Waals surface area contributed by atoms with E-state index in [1.807, 2.05) is 55.1 Å². The third kappa shape index (κ3) is 3.86. The van der Waals surface area contributed by atoms with Crippen LogP contribution in [0, 0.1) is 0 Å². The molecule has 0 saturated heterocycles. The van der Waals surface area contributed by atoms with Gasteiger partial charge in [0.05, 0.1) is 17.9 Å². The molecule has 4 rings (SSSR count). The molecule has 0 spiro atoms. The van der Waals surface area contributed by atoms with E-state index in [4.69, 9.17) is 4.74 Å². The minimum atomic E-state index is -0.527. The van der Waals surface area contributed by atoms with Gasteiger partial charge >= 0.3 is 0 Å². The number of ether oxygens (including phenoxy) is 1. The molecule has 0 aliphatic carbocycles. The van der Waals surface area contributed by atoms with Crippen molar-refractivity contribution in [1.82, 2.24) is 15.1 Å². The number of benzene rings is 2. The van der Waals surface area contributed by atoms with Crippen LogP contribution in [-0.2, 0) is 11.3 Å². The minimum absolute atomic E-state index is 0.0801. The molecule has 0 radical (unpaired) electrons. The number of nitrogens with one attached hydrogen (secondary N) is 1. The highest BCUT2D eigenvalue weighted by Crippen LogP contribution is 2.34. The lowest BCUT2D eigenvalue weighted by molar-refractivity contribution is -0.128. The van der Waals surface area contributed by atoms with E-state index >= 15 is 0 Å². The average Bonchev–Trinajstić information content (AvgIpc) is 3.23. The van der Waals surface area contributed by atoms with Crippen LogP contribution in [0.1, 0.15) is 19.4 Å². The Balaban J connectivity index is 1.54. The molecular weight excluding hydrogens is 352 g/mol. The molecule has 1 atom stereocenters. The fourth-order valence-corrected chi connectivity index (χ4v) is 3.37. The van der Waals surface area contributed by atoms with Crippen LogP contribution in [0.5, 0.6) is 5.75 Å². The van der Waals surface area contributed by atoms with Gasteiger partial charge in [-0.3, -0.25) is 4.79 Å². The van der Waals surface area contributed by atoms with Gasteiger partial charge in [0.15, 0.2) is 6.10 Å². The summed E-state index contributed by atoms with van der Waals surface area (Å²) in [6.07, 6.45) is 3.16. The molecule has 1 aliphatic heterocycles. The first-order chi connectivity index (χ1) is 13.6. The smallest absolute Gasteiger partial charge is 0.263 e. The summed E-state index contributed by atoms with van der Waals surface area (Å²) < 4.78 is 7.80. The second kappa shape index (κ2) is 7.76. The predicted octanol–water partition coefficient (Wildman–Crippen LogP) is 3.16. The van der Waals surface area contributed by atoms with Gasteiger partial charge in [0, 0.05) is 25.0 Å². The second-order valence-electron chi connectivity index (χ2n) is 7.24. The van der Waals surface area contributed by atoms with Crippen LogP contribution in [0.3, 0.4) is 0 Å².